The maximum atomic E-state index is 10.6. The third-order valence-corrected chi connectivity index (χ3v) is 2.63. The maximum Gasteiger partial charge on any atom is 0.0715 e. The van der Waals surface area contributed by atoms with E-state index in [0.717, 1.165) is 17.0 Å². The Kier molecular flexibility index (Phi) is 2.95. The van der Waals surface area contributed by atoms with Crippen LogP contribution in [0, 0.1) is 13.8 Å². The molecule has 0 saturated heterocycles. The van der Waals surface area contributed by atoms with Gasteiger partial charge >= 0.3 is 0 Å². The molecular formula is C13H13N2O2-. The highest BCUT2D eigenvalue weighted by Gasteiger charge is 2.02. The Morgan fingerprint density at radius 1 is 1.29 bits per heavy atom. The summed E-state index contributed by atoms with van der Waals surface area (Å²) < 4.78 is 1.89. The van der Waals surface area contributed by atoms with Crippen molar-refractivity contribution in [3.8, 4) is 0 Å². The summed E-state index contributed by atoms with van der Waals surface area (Å²) in [5, 5.41) is 15.0. The monoisotopic (exact) mass is 229 g/mol. The summed E-state index contributed by atoms with van der Waals surface area (Å²) in [7, 11) is 0. The second-order valence-electron chi connectivity index (χ2n) is 4.07. The molecule has 0 atom stereocenters. The van der Waals surface area contributed by atoms with E-state index in [0.29, 0.717) is 6.54 Å². The maximum absolute atomic E-state index is 10.6. The third kappa shape index (κ3) is 2.53. The van der Waals surface area contributed by atoms with Crippen molar-refractivity contribution in [2.75, 3.05) is 0 Å². The molecule has 4 nitrogen and oxygen atoms in total. The molecule has 0 aliphatic rings. The van der Waals surface area contributed by atoms with Crippen LogP contribution in [0.3, 0.4) is 0 Å². The van der Waals surface area contributed by atoms with Gasteiger partial charge in [0.1, 0.15) is 0 Å². The van der Waals surface area contributed by atoms with E-state index < -0.39 is 5.97 Å². The van der Waals surface area contributed by atoms with E-state index in [1.165, 1.54) is 0 Å². The molecule has 0 aliphatic carbocycles. The number of aromatic carboxylic acids is 1. The Labute approximate surface area is 99.5 Å². The van der Waals surface area contributed by atoms with Crippen molar-refractivity contribution in [1.29, 1.82) is 0 Å². The summed E-state index contributed by atoms with van der Waals surface area (Å²) in [5.41, 5.74) is 3.28. The summed E-state index contributed by atoms with van der Waals surface area (Å²) in [5.74, 6) is -1.15. The quantitative estimate of drug-likeness (QED) is 0.786. The highest BCUT2D eigenvalue weighted by molar-refractivity contribution is 5.85. The lowest BCUT2D eigenvalue weighted by Gasteiger charge is -2.06. The van der Waals surface area contributed by atoms with Crippen LogP contribution in [0.2, 0.25) is 0 Å². The number of aromatic nitrogens is 2. The number of hydrogen-bond donors (Lipinski definition) is 0. The Hall–Kier alpha value is -2.10. The van der Waals surface area contributed by atoms with Gasteiger partial charge in [0.2, 0.25) is 0 Å². The first-order chi connectivity index (χ1) is 8.06. The smallest absolute Gasteiger partial charge is 0.0715 e. The second kappa shape index (κ2) is 4.41. The van der Waals surface area contributed by atoms with Gasteiger partial charge in [0.15, 0.2) is 0 Å². The summed E-state index contributed by atoms with van der Waals surface area (Å²) in [6.07, 6.45) is 0. The summed E-state index contributed by atoms with van der Waals surface area (Å²) in [6, 6.07) is 8.67. The van der Waals surface area contributed by atoms with Crippen LogP contribution < -0.4 is 5.11 Å². The lowest BCUT2D eigenvalue weighted by atomic mass is 10.1. The molecule has 0 saturated carbocycles. The lowest BCUT2D eigenvalue weighted by molar-refractivity contribution is -0.255. The first-order valence-electron chi connectivity index (χ1n) is 5.37. The van der Waals surface area contributed by atoms with Crippen LogP contribution >= 0.6 is 0 Å². The van der Waals surface area contributed by atoms with Crippen LogP contribution in [0.15, 0.2) is 30.3 Å². The van der Waals surface area contributed by atoms with Crippen LogP contribution in [0.25, 0.3) is 0 Å². The average Bonchev–Trinajstić information content (AvgIpc) is 2.58. The van der Waals surface area contributed by atoms with Crippen LogP contribution in [0.4, 0.5) is 0 Å². The normalized spacial score (nSPS) is 10.5. The molecule has 1 aromatic heterocycles. The molecule has 0 amide bonds. The van der Waals surface area contributed by atoms with Gasteiger partial charge in [-0.3, -0.25) is 4.68 Å². The van der Waals surface area contributed by atoms with Crippen molar-refractivity contribution >= 4 is 5.97 Å². The third-order valence-electron chi connectivity index (χ3n) is 2.63. The van der Waals surface area contributed by atoms with Crippen molar-refractivity contribution in [3.63, 3.8) is 0 Å². The standard InChI is InChI=1S/C13H14N2O2/c1-9-7-10(2)15(14-9)8-11-3-5-12(6-4-11)13(16)17/h3-7H,8H2,1-2H3,(H,16,17)/p-1. The molecule has 1 heterocycles. The highest BCUT2D eigenvalue weighted by atomic mass is 16.4. The van der Waals surface area contributed by atoms with E-state index in [1.807, 2.05) is 24.6 Å². The zero-order chi connectivity index (χ0) is 12.4. The fraction of sp³-hybridized carbons (Fsp3) is 0.231. The van der Waals surface area contributed by atoms with Gasteiger partial charge < -0.3 is 9.90 Å². The number of benzene rings is 1. The van der Waals surface area contributed by atoms with E-state index in [4.69, 9.17) is 0 Å². The van der Waals surface area contributed by atoms with Gasteiger partial charge in [0.25, 0.3) is 0 Å². The first-order valence-corrected chi connectivity index (χ1v) is 5.37. The number of carboxylic acids is 1. The molecule has 4 heteroatoms. The first kappa shape index (κ1) is 11.4. The number of aryl methyl sites for hydroxylation is 2. The summed E-state index contributed by atoms with van der Waals surface area (Å²) in [4.78, 5) is 10.6. The molecule has 0 fully saturated rings. The van der Waals surface area contributed by atoms with Crippen molar-refractivity contribution in [2.45, 2.75) is 20.4 Å². The number of nitrogens with zero attached hydrogens (tertiary/aromatic N) is 2. The summed E-state index contributed by atoms with van der Waals surface area (Å²) >= 11 is 0. The molecule has 0 aliphatic heterocycles. The van der Waals surface area contributed by atoms with Gasteiger partial charge in [-0.25, -0.2) is 0 Å². The van der Waals surface area contributed by atoms with Crippen LogP contribution in [0.5, 0.6) is 0 Å². The molecule has 0 N–H and O–H groups in total. The van der Waals surface area contributed by atoms with E-state index in [1.54, 1.807) is 24.3 Å². The van der Waals surface area contributed by atoms with E-state index in [-0.39, 0.29) is 5.56 Å². The molecule has 0 bridgehead atoms. The molecule has 0 unspecified atom stereocenters. The van der Waals surface area contributed by atoms with Gasteiger partial charge in [-0.2, -0.15) is 5.10 Å². The largest absolute Gasteiger partial charge is 0.545 e. The van der Waals surface area contributed by atoms with Crippen molar-refractivity contribution < 1.29 is 9.90 Å². The van der Waals surface area contributed by atoms with Crippen molar-refractivity contribution in [3.05, 3.63) is 52.8 Å². The Morgan fingerprint density at radius 3 is 2.41 bits per heavy atom. The minimum Gasteiger partial charge on any atom is -0.545 e. The molecule has 0 spiro atoms. The van der Waals surface area contributed by atoms with Gasteiger partial charge in [-0.1, -0.05) is 24.3 Å². The molecule has 2 aromatic rings. The average molecular weight is 229 g/mol. The van der Waals surface area contributed by atoms with Crippen molar-refractivity contribution in [2.24, 2.45) is 0 Å². The minimum absolute atomic E-state index is 0.196. The summed E-state index contributed by atoms with van der Waals surface area (Å²) in [6.45, 7) is 4.59. The molecule has 1 aromatic carbocycles. The second-order valence-corrected chi connectivity index (χ2v) is 4.07. The van der Waals surface area contributed by atoms with E-state index >= 15 is 0 Å². The molecule has 2 rings (SSSR count). The zero-order valence-electron chi connectivity index (χ0n) is 9.80. The van der Waals surface area contributed by atoms with Crippen LogP contribution in [-0.4, -0.2) is 15.7 Å². The fourth-order valence-corrected chi connectivity index (χ4v) is 1.75. The number of carbonyl (C=O) groups excluding carboxylic acids is 1. The SMILES string of the molecule is Cc1cc(C)n(Cc2ccc(C(=O)[O-])cc2)n1. The van der Waals surface area contributed by atoms with Crippen LogP contribution in [-0.2, 0) is 6.54 Å². The van der Waals surface area contributed by atoms with E-state index in [2.05, 4.69) is 5.10 Å². The number of carbonyl (C=O) groups is 1. The number of carboxylic acid groups (broad SMARTS) is 1. The van der Waals surface area contributed by atoms with E-state index in [9.17, 15) is 9.90 Å². The molecule has 17 heavy (non-hydrogen) atoms. The Morgan fingerprint density at radius 2 is 1.94 bits per heavy atom. The molecule has 88 valence electrons. The zero-order valence-corrected chi connectivity index (χ0v) is 9.80. The number of hydrogen-bond acceptors (Lipinski definition) is 3. The van der Waals surface area contributed by atoms with Gasteiger partial charge in [-0.05, 0) is 31.0 Å². The van der Waals surface area contributed by atoms with Crippen LogP contribution in [0.1, 0.15) is 27.3 Å². The van der Waals surface area contributed by atoms with Gasteiger partial charge in [0.05, 0.1) is 18.2 Å². The Balaban J connectivity index is 2.19. The highest BCUT2D eigenvalue weighted by Crippen LogP contribution is 2.08. The topological polar surface area (TPSA) is 58.0 Å². The Bertz CT molecular complexity index is 541. The predicted molar refractivity (Wildman–Crippen MR) is 61.6 cm³/mol. The predicted octanol–water partition coefficient (Wildman–Crippen LogP) is 0.912. The minimum atomic E-state index is -1.15. The van der Waals surface area contributed by atoms with Gasteiger partial charge in [-0.15, -0.1) is 0 Å². The van der Waals surface area contributed by atoms with Gasteiger partial charge in [0, 0.05) is 5.69 Å². The molecule has 0 radical (unpaired) electrons. The number of rotatable bonds is 3. The lowest BCUT2D eigenvalue weighted by Crippen LogP contribution is -2.22. The fourth-order valence-electron chi connectivity index (χ4n) is 1.75. The molecular weight excluding hydrogens is 216 g/mol. The van der Waals surface area contributed by atoms with Crippen molar-refractivity contribution in [1.82, 2.24) is 9.78 Å².